The monoisotopic (exact) mass is 290 g/mol. The Labute approximate surface area is 120 Å². The van der Waals surface area contributed by atoms with E-state index in [2.05, 4.69) is 15.6 Å². The Morgan fingerprint density at radius 1 is 1.38 bits per heavy atom. The van der Waals surface area contributed by atoms with Crippen LogP contribution in [0.2, 0.25) is 0 Å². The van der Waals surface area contributed by atoms with Crippen molar-refractivity contribution in [2.45, 2.75) is 13.5 Å². The molecule has 21 heavy (non-hydrogen) atoms. The number of carbonyl (C=O) groups excluding carboxylic acids is 1. The second kappa shape index (κ2) is 6.65. The van der Waals surface area contributed by atoms with Gasteiger partial charge in [0.25, 0.3) is 5.56 Å². The number of carbonyl (C=O) groups is 1. The highest BCUT2D eigenvalue weighted by atomic mass is 19.1. The molecule has 1 aromatic carbocycles. The third-order valence-electron chi connectivity index (χ3n) is 2.83. The maximum atomic E-state index is 13.3. The molecule has 2 amide bonds. The van der Waals surface area contributed by atoms with Crippen molar-refractivity contribution in [2.75, 3.05) is 11.9 Å². The van der Waals surface area contributed by atoms with Gasteiger partial charge in [0.05, 0.1) is 12.0 Å². The first kappa shape index (κ1) is 14.7. The highest BCUT2D eigenvalue weighted by Crippen LogP contribution is 2.11. The summed E-state index contributed by atoms with van der Waals surface area (Å²) in [6.07, 6.45) is 2.89. The number of nitrogens with one attached hydrogen (secondary N) is 2. The third kappa shape index (κ3) is 3.88. The Bertz CT molecular complexity index is 699. The molecule has 0 bridgehead atoms. The number of halogens is 1. The van der Waals surface area contributed by atoms with E-state index in [9.17, 15) is 14.0 Å². The Morgan fingerprint density at radius 3 is 2.90 bits per heavy atom. The van der Waals surface area contributed by atoms with Crippen molar-refractivity contribution in [2.24, 2.45) is 0 Å². The molecule has 110 valence electrons. The molecule has 0 saturated heterocycles. The zero-order valence-electron chi connectivity index (χ0n) is 11.5. The van der Waals surface area contributed by atoms with Crippen LogP contribution >= 0.6 is 0 Å². The van der Waals surface area contributed by atoms with Gasteiger partial charge in [-0.2, -0.15) is 0 Å². The minimum absolute atomic E-state index is 0.101. The largest absolute Gasteiger partial charge is 0.336 e. The molecule has 0 aliphatic heterocycles. The lowest BCUT2D eigenvalue weighted by molar-refractivity contribution is 0.251. The number of amides is 2. The molecule has 0 radical (unpaired) electrons. The molecule has 2 rings (SSSR count). The fourth-order valence-electron chi connectivity index (χ4n) is 1.74. The van der Waals surface area contributed by atoms with Gasteiger partial charge in [-0.25, -0.2) is 14.2 Å². The summed E-state index contributed by atoms with van der Waals surface area (Å²) in [5.74, 6) is -0.508. The number of anilines is 1. The van der Waals surface area contributed by atoms with Gasteiger partial charge >= 0.3 is 6.03 Å². The SMILES string of the molecule is Cc1cncn(CCNC(=O)Nc2ccccc2F)c1=O. The van der Waals surface area contributed by atoms with E-state index in [-0.39, 0.29) is 24.3 Å². The third-order valence-corrected chi connectivity index (χ3v) is 2.83. The molecule has 0 atom stereocenters. The summed E-state index contributed by atoms with van der Waals surface area (Å²) in [6.45, 7) is 2.19. The molecule has 0 aliphatic rings. The molecule has 1 heterocycles. The summed E-state index contributed by atoms with van der Waals surface area (Å²) in [6, 6.07) is 5.35. The van der Waals surface area contributed by atoms with E-state index in [1.54, 1.807) is 13.0 Å². The summed E-state index contributed by atoms with van der Waals surface area (Å²) in [5.41, 5.74) is 0.485. The van der Waals surface area contributed by atoms with Crippen LogP contribution in [0.4, 0.5) is 14.9 Å². The Kier molecular flexibility index (Phi) is 4.65. The highest BCUT2D eigenvalue weighted by molar-refractivity contribution is 5.89. The topological polar surface area (TPSA) is 76.0 Å². The van der Waals surface area contributed by atoms with E-state index in [1.807, 2.05) is 0 Å². The summed E-state index contributed by atoms with van der Waals surface area (Å²) in [4.78, 5) is 27.2. The van der Waals surface area contributed by atoms with Gasteiger partial charge in [0.15, 0.2) is 0 Å². The minimum Gasteiger partial charge on any atom is -0.336 e. The van der Waals surface area contributed by atoms with E-state index in [1.165, 1.54) is 35.3 Å². The number of para-hydroxylation sites is 1. The van der Waals surface area contributed by atoms with Gasteiger partial charge in [0.1, 0.15) is 5.82 Å². The molecule has 2 aromatic rings. The lowest BCUT2D eigenvalue weighted by Crippen LogP contribution is -2.34. The zero-order chi connectivity index (χ0) is 15.2. The molecule has 6 nitrogen and oxygen atoms in total. The molecule has 1 aromatic heterocycles. The molecular weight excluding hydrogens is 275 g/mol. The van der Waals surface area contributed by atoms with Gasteiger partial charge in [0.2, 0.25) is 0 Å². The van der Waals surface area contributed by atoms with Crippen LogP contribution in [0.1, 0.15) is 5.56 Å². The van der Waals surface area contributed by atoms with Crippen molar-refractivity contribution in [1.82, 2.24) is 14.9 Å². The van der Waals surface area contributed by atoms with Crippen LogP contribution in [0.5, 0.6) is 0 Å². The van der Waals surface area contributed by atoms with E-state index in [0.717, 1.165) is 0 Å². The molecule has 7 heteroatoms. The van der Waals surface area contributed by atoms with Crippen molar-refractivity contribution >= 4 is 11.7 Å². The fraction of sp³-hybridized carbons (Fsp3) is 0.214. The van der Waals surface area contributed by atoms with Gasteiger partial charge < -0.3 is 10.6 Å². The van der Waals surface area contributed by atoms with Crippen LogP contribution in [0.15, 0.2) is 41.6 Å². The molecule has 0 spiro atoms. The van der Waals surface area contributed by atoms with Crippen LogP contribution in [-0.4, -0.2) is 22.1 Å². The van der Waals surface area contributed by atoms with E-state index in [4.69, 9.17) is 0 Å². The highest BCUT2D eigenvalue weighted by Gasteiger charge is 2.05. The van der Waals surface area contributed by atoms with Crippen LogP contribution < -0.4 is 16.2 Å². The van der Waals surface area contributed by atoms with Crippen molar-refractivity contribution in [1.29, 1.82) is 0 Å². The maximum absolute atomic E-state index is 13.3. The van der Waals surface area contributed by atoms with Crippen LogP contribution in [0, 0.1) is 12.7 Å². The van der Waals surface area contributed by atoms with Crippen molar-refractivity contribution < 1.29 is 9.18 Å². The average molecular weight is 290 g/mol. The summed E-state index contributed by atoms with van der Waals surface area (Å²) in [5, 5.41) is 4.94. The zero-order valence-corrected chi connectivity index (χ0v) is 11.5. The lowest BCUT2D eigenvalue weighted by atomic mass is 10.3. The summed E-state index contributed by atoms with van der Waals surface area (Å²) in [7, 11) is 0. The molecule has 0 saturated carbocycles. The second-order valence-electron chi connectivity index (χ2n) is 4.44. The Balaban J connectivity index is 1.86. The van der Waals surface area contributed by atoms with E-state index < -0.39 is 11.8 Å². The fourth-order valence-corrected chi connectivity index (χ4v) is 1.74. The molecule has 0 unspecified atom stereocenters. The standard InChI is InChI=1S/C14H15FN4O2/c1-10-8-16-9-19(13(10)20)7-6-17-14(21)18-12-5-3-2-4-11(12)15/h2-5,8-9H,6-7H2,1H3,(H2,17,18,21). The summed E-state index contributed by atoms with van der Waals surface area (Å²) >= 11 is 0. The smallest absolute Gasteiger partial charge is 0.319 e. The van der Waals surface area contributed by atoms with E-state index >= 15 is 0 Å². The first-order chi connectivity index (χ1) is 10.1. The van der Waals surface area contributed by atoms with Crippen LogP contribution in [0.3, 0.4) is 0 Å². The molecular formula is C14H15FN4O2. The van der Waals surface area contributed by atoms with Gasteiger partial charge in [-0.05, 0) is 19.1 Å². The lowest BCUT2D eigenvalue weighted by Gasteiger charge is -2.09. The predicted molar refractivity (Wildman–Crippen MR) is 76.7 cm³/mol. The van der Waals surface area contributed by atoms with Gasteiger partial charge in [-0.3, -0.25) is 9.36 Å². The molecule has 0 fully saturated rings. The van der Waals surface area contributed by atoms with Crippen molar-refractivity contribution in [3.8, 4) is 0 Å². The van der Waals surface area contributed by atoms with Crippen LogP contribution in [0.25, 0.3) is 0 Å². The van der Waals surface area contributed by atoms with Crippen LogP contribution in [-0.2, 0) is 6.54 Å². The van der Waals surface area contributed by atoms with Crippen molar-refractivity contribution in [3.63, 3.8) is 0 Å². The van der Waals surface area contributed by atoms with Gasteiger partial charge in [0, 0.05) is 24.8 Å². The number of nitrogens with zero attached hydrogens (tertiary/aromatic N) is 2. The number of hydrogen-bond acceptors (Lipinski definition) is 3. The number of aromatic nitrogens is 2. The summed E-state index contributed by atoms with van der Waals surface area (Å²) < 4.78 is 14.7. The normalized spacial score (nSPS) is 10.2. The van der Waals surface area contributed by atoms with Gasteiger partial charge in [-0.1, -0.05) is 12.1 Å². The average Bonchev–Trinajstić information content (AvgIpc) is 2.46. The number of benzene rings is 1. The Morgan fingerprint density at radius 2 is 2.14 bits per heavy atom. The second-order valence-corrected chi connectivity index (χ2v) is 4.44. The first-order valence-electron chi connectivity index (χ1n) is 6.38. The molecule has 2 N–H and O–H groups in total. The quantitative estimate of drug-likeness (QED) is 0.896. The number of urea groups is 1. The Hall–Kier alpha value is -2.70. The molecule has 0 aliphatic carbocycles. The van der Waals surface area contributed by atoms with Crippen molar-refractivity contribution in [3.05, 3.63) is 58.5 Å². The predicted octanol–water partition coefficient (Wildman–Crippen LogP) is 1.51. The number of hydrogen-bond donors (Lipinski definition) is 2. The number of rotatable bonds is 4. The van der Waals surface area contributed by atoms with E-state index in [0.29, 0.717) is 5.56 Å². The number of aryl methyl sites for hydroxylation is 1. The first-order valence-corrected chi connectivity index (χ1v) is 6.38. The maximum Gasteiger partial charge on any atom is 0.319 e. The minimum atomic E-state index is -0.534. The van der Waals surface area contributed by atoms with Gasteiger partial charge in [-0.15, -0.1) is 0 Å².